The van der Waals surface area contributed by atoms with Gasteiger partial charge in [0.1, 0.15) is 5.78 Å². The molecule has 0 saturated heterocycles. The Labute approximate surface area is 125 Å². The molecule has 3 atom stereocenters. The lowest BCUT2D eigenvalue weighted by molar-refractivity contribution is 0.303. The fourth-order valence-corrected chi connectivity index (χ4v) is 7.93. The molecule has 0 radical (unpaired) electrons. The molecule has 0 amide bonds. The lowest BCUT2D eigenvalue weighted by atomic mass is 10.3. The van der Waals surface area contributed by atoms with Crippen LogP contribution in [0.15, 0.2) is 4.99 Å². The Morgan fingerprint density at radius 1 is 1.70 bits per heavy atom. The maximum absolute atomic E-state index is 13.2. The Hall–Kier alpha value is -0.700. The molecule has 8 heteroatoms. The van der Waals surface area contributed by atoms with Gasteiger partial charge in [0.15, 0.2) is 6.19 Å². The maximum atomic E-state index is 13.2. The largest absolute Gasteiger partial charge is 0.332 e. The standard InChI is InChI=1S/C12H23N4O2PS/c1-5-10(3)20-19(17,18-6-2)11-7-8-14-12(15-9-13)16(11)4/h10-11H,5-8H2,1-4H3,(H,14,15). The van der Waals surface area contributed by atoms with Crippen LogP contribution in [-0.4, -0.2) is 42.1 Å². The zero-order chi connectivity index (χ0) is 15.2. The second-order valence-electron chi connectivity index (χ2n) is 4.60. The fraction of sp³-hybridized carbons (Fsp3) is 0.833. The van der Waals surface area contributed by atoms with E-state index in [0.717, 1.165) is 6.42 Å². The van der Waals surface area contributed by atoms with Gasteiger partial charge in [-0.2, -0.15) is 5.26 Å². The van der Waals surface area contributed by atoms with E-state index in [1.807, 2.05) is 13.1 Å². The van der Waals surface area contributed by atoms with Crippen LogP contribution in [0.25, 0.3) is 0 Å². The highest BCUT2D eigenvalue weighted by molar-refractivity contribution is 8.57. The van der Waals surface area contributed by atoms with Crippen molar-refractivity contribution in [2.24, 2.45) is 4.99 Å². The molecule has 20 heavy (non-hydrogen) atoms. The molecule has 0 aromatic rings. The number of rotatable bonds is 6. The van der Waals surface area contributed by atoms with E-state index >= 15 is 0 Å². The average molecular weight is 318 g/mol. The zero-order valence-corrected chi connectivity index (χ0v) is 14.2. The van der Waals surface area contributed by atoms with Gasteiger partial charge in [0.05, 0.1) is 6.61 Å². The normalized spacial score (nSPS) is 23.4. The second kappa shape index (κ2) is 7.92. The van der Waals surface area contributed by atoms with Crippen LogP contribution in [-0.2, 0) is 9.09 Å². The van der Waals surface area contributed by atoms with Crippen molar-refractivity contribution in [3.63, 3.8) is 0 Å². The monoisotopic (exact) mass is 318 g/mol. The van der Waals surface area contributed by atoms with Crippen molar-refractivity contribution in [2.45, 2.75) is 44.6 Å². The number of nitrogens with zero attached hydrogens (tertiary/aromatic N) is 3. The van der Waals surface area contributed by atoms with Crippen molar-refractivity contribution < 1.29 is 9.09 Å². The van der Waals surface area contributed by atoms with Crippen molar-refractivity contribution in [1.29, 1.82) is 5.26 Å². The van der Waals surface area contributed by atoms with Crippen LogP contribution in [0, 0.1) is 11.5 Å². The molecule has 1 aliphatic heterocycles. The number of aliphatic imine (C=N–C) groups is 1. The third kappa shape index (κ3) is 4.15. The summed E-state index contributed by atoms with van der Waals surface area (Å²) in [5, 5.41) is 11.5. The molecule has 6 nitrogen and oxygen atoms in total. The van der Waals surface area contributed by atoms with Gasteiger partial charge >= 0.3 is 0 Å². The minimum atomic E-state index is -2.87. The van der Waals surface area contributed by atoms with Gasteiger partial charge < -0.3 is 9.42 Å². The van der Waals surface area contributed by atoms with Gasteiger partial charge in [0, 0.05) is 18.8 Å². The lowest BCUT2D eigenvalue weighted by Gasteiger charge is -2.37. The summed E-state index contributed by atoms with van der Waals surface area (Å²) in [6, 6.07) is 0. The number of hydrogen-bond acceptors (Lipinski definition) is 7. The summed E-state index contributed by atoms with van der Waals surface area (Å²) in [5.41, 5.74) is 0. The maximum Gasteiger partial charge on any atom is 0.279 e. The van der Waals surface area contributed by atoms with Gasteiger partial charge in [-0.3, -0.25) is 14.9 Å². The van der Waals surface area contributed by atoms with Gasteiger partial charge in [-0.05, 0) is 19.8 Å². The van der Waals surface area contributed by atoms with E-state index in [-0.39, 0.29) is 11.0 Å². The molecular weight excluding hydrogens is 295 g/mol. The molecule has 0 aromatic carbocycles. The van der Waals surface area contributed by atoms with E-state index in [4.69, 9.17) is 9.79 Å². The first kappa shape index (κ1) is 17.4. The molecule has 114 valence electrons. The molecule has 0 saturated carbocycles. The van der Waals surface area contributed by atoms with E-state index in [1.54, 1.807) is 11.9 Å². The Bertz CT molecular complexity index is 438. The smallest absolute Gasteiger partial charge is 0.279 e. The first-order chi connectivity index (χ1) is 9.48. The third-order valence-electron chi connectivity index (χ3n) is 3.17. The molecule has 0 fully saturated rings. The third-order valence-corrected chi connectivity index (χ3v) is 9.12. The predicted octanol–water partition coefficient (Wildman–Crippen LogP) is 2.84. The molecular formula is C12H23N4O2PS. The Morgan fingerprint density at radius 2 is 2.40 bits per heavy atom. The van der Waals surface area contributed by atoms with Crippen molar-refractivity contribution in [3.8, 4) is 6.19 Å². The lowest BCUT2D eigenvalue weighted by Crippen LogP contribution is -2.46. The highest BCUT2D eigenvalue weighted by Crippen LogP contribution is 2.66. The molecule has 1 heterocycles. The van der Waals surface area contributed by atoms with E-state index in [9.17, 15) is 4.57 Å². The highest BCUT2D eigenvalue weighted by Gasteiger charge is 2.41. The molecule has 0 aromatic heterocycles. The van der Waals surface area contributed by atoms with E-state index in [1.165, 1.54) is 11.4 Å². The van der Waals surface area contributed by atoms with Crippen LogP contribution in [0.3, 0.4) is 0 Å². The van der Waals surface area contributed by atoms with Gasteiger partial charge in [-0.1, -0.05) is 25.2 Å². The average Bonchev–Trinajstić information content (AvgIpc) is 2.41. The summed E-state index contributed by atoms with van der Waals surface area (Å²) in [4.78, 5) is 6.02. The molecule has 0 spiro atoms. The first-order valence-electron chi connectivity index (χ1n) is 6.83. The fourth-order valence-electron chi connectivity index (χ4n) is 1.97. The van der Waals surface area contributed by atoms with Crippen LogP contribution >= 0.6 is 18.0 Å². The van der Waals surface area contributed by atoms with Crippen molar-refractivity contribution in [2.75, 3.05) is 20.2 Å². The van der Waals surface area contributed by atoms with Gasteiger partial charge in [-0.15, -0.1) is 0 Å². The summed E-state index contributed by atoms with van der Waals surface area (Å²) in [7, 11) is 1.80. The summed E-state index contributed by atoms with van der Waals surface area (Å²) < 4.78 is 18.9. The summed E-state index contributed by atoms with van der Waals surface area (Å²) >= 11 is 1.43. The van der Waals surface area contributed by atoms with Gasteiger partial charge in [0.2, 0.25) is 5.96 Å². The molecule has 1 rings (SSSR count). The number of hydrogen-bond donors (Lipinski definition) is 1. The predicted molar refractivity (Wildman–Crippen MR) is 83.8 cm³/mol. The van der Waals surface area contributed by atoms with Crippen LogP contribution in [0.1, 0.15) is 33.6 Å². The number of guanidine groups is 1. The number of nitrogens with one attached hydrogen (secondary N) is 1. The van der Waals surface area contributed by atoms with Crippen molar-refractivity contribution in [1.82, 2.24) is 10.2 Å². The number of nitriles is 1. The minimum Gasteiger partial charge on any atom is -0.332 e. The van der Waals surface area contributed by atoms with E-state index in [2.05, 4.69) is 24.2 Å². The van der Waals surface area contributed by atoms with Crippen molar-refractivity contribution >= 4 is 23.9 Å². The first-order valence-corrected chi connectivity index (χ1v) is 10.0. The SMILES string of the molecule is CCOP(=O)(SC(C)CC)C1CCN=C(NC#N)N1C. The van der Waals surface area contributed by atoms with Gasteiger partial charge in [-0.25, -0.2) is 0 Å². The summed E-state index contributed by atoms with van der Waals surface area (Å²) in [6.45, 7) is 4.09. The Kier molecular flexibility index (Phi) is 6.87. The van der Waals surface area contributed by atoms with Crippen molar-refractivity contribution in [3.05, 3.63) is 0 Å². The Balaban J connectivity index is 2.95. The summed E-state index contributed by atoms with van der Waals surface area (Å²) in [5.74, 6) is 0.225. The van der Waals surface area contributed by atoms with Crippen LogP contribution in [0.4, 0.5) is 0 Å². The van der Waals surface area contributed by atoms with E-state index in [0.29, 0.717) is 25.5 Å². The van der Waals surface area contributed by atoms with Crippen LogP contribution in [0.2, 0.25) is 0 Å². The molecule has 3 unspecified atom stereocenters. The molecule has 1 aliphatic rings. The Morgan fingerprint density at radius 3 is 2.95 bits per heavy atom. The topological polar surface area (TPSA) is 77.7 Å². The molecule has 1 N–H and O–H groups in total. The molecule has 0 bridgehead atoms. The highest BCUT2D eigenvalue weighted by atomic mass is 32.7. The molecule has 0 aliphatic carbocycles. The summed E-state index contributed by atoms with van der Waals surface area (Å²) in [6.07, 6.45) is 3.48. The minimum absolute atomic E-state index is 0.241. The van der Waals surface area contributed by atoms with E-state index < -0.39 is 6.57 Å². The van der Waals surface area contributed by atoms with Gasteiger partial charge in [0.25, 0.3) is 6.57 Å². The second-order valence-corrected chi connectivity index (χ2v) is 9.71. The van der Waals surface area contributed by atoms with Crippen LogP contribution in [0.5, 0.6) is 0 Å². The van der Waals surface area contributed by atoms with Crippen LogP contribution < -0.4 is 5.32 Å². The quantitative estimate of drug-likeness (QED) is 0.461. The zero-order valence-electron chi connectivity index (χ0n) is 12.5.